The van der Waals surface area contributed by atoms with Crippen LogP contribution in [-0.4, -0.2) is 63.9 Å². The minimum atomic E-state index is 0.00523. The van der Waals surface area contributed by atoms with Crippen LogP contribution in [-0.2, 0) is 18.9 Å². The van der Waals surface area contributed by atoms with Crippen LogP contribution in [0.25, 0.3) is 0 Å². The highest BCUT2D eigenvalue weighted by Crippen LogP contribution is 2.30. The zero-order valence-corrected chi connectivity index (χ0v) is 10.8. The van der Waals surface area contributed by atoms with Gasteiger partial charge in [-0.3, -0.25) is 0 Å². The van der Waals surface area contributed by atoms with Gasteiger partial charge >= 0.3 is 0 Å². The van der Waals surface area contributed by atoms with Crippen molar-refractivity contribution in [3.63, 3.8) is 0 Å². The third-order valence-corrected chi connectivity index (χ3v) is 3.32. The van der Waals surface area contributed by atoms with E-state index in [1.54, 1.807) is 0 Å². The molecular formula is C12H24N2O4. The molecule has 0 amide bonds. The zero-order valence-electron chi connectivity index (χ0n) is 10.8. The van der Waals surface area contributed by atoms with Crippen molar-refractivity contribution >= 4 is 0 Å². The minimum absolute atomic E-state index is 0.00523. The predicted octanol–water partition coefficient (Wildman–Crippen LogP) is -0.748. The molecule has 106 valence electrons. The summed E-state index contributed by atoms with van der Waals surface area (Å²) in [7, 11) is 0. The molecule has 0 aromatic rings. The van der Waals surface area contributed by atoms with Crippen LogP contribution in [0.3, 0.4) is 0 Å². The molecule has 2 saturated heterocycles. The lowest BCUT2D eigenvalue weighted by atomic mass is 10.1. The van der Waals surface area contributed by atoms with Gasteiger partial charge in [-0.25, -0.2) is 0 Å². The standard InChI is InChI=1S/C12H24N2O4/c13-3-1-5-15-9-7-17-12-10(8-18-11(9)12)16-6-2-4-14/h9-12H,1-8,13-14H2/t9-,10+,11-,12-/m0/s1. The van der Waals surface area contributed by atoms with Crippen LogP contribution in [0.2, 0.25) is 0 Å². The van der Waals surface area contributed by atoms with E-state index >= 15 is 0 Å². The molecule has 6 nitrogen and oxygen atoms in total. The SMILES string of the molecule is NCCCO[C@H]1CO[C@@H]2[C@H]1OC[C@H]2OCCCN. The molecule has 2 aliphatic rings. The van der Waals surface area contributed by atoms with Crippen molar-refractivity contribution in [2.24, 2.45) is 11.5 Å². The number of ether oxygens (including phenoxy) is 4. The van der Waals surface area contributed by atoms with E-state index in [1.807, 2.05) is 0 Å². The Bertz CT molecular complexity index is 218. The van der Waals surface area contributed by atoms with Crippen LogP contribution in [0.15, 0.2) is 0 Å². The van der Waals surface area contributed by atoms with Gasteiger partial charge in [-0.2, -0.15) is 0 Å². The highest BCUT2D eigenvalue weighted by atomic mass is 16.6. The van der Waals surface area contributed by atoms with Gasteiger partial charge in [0.1, 0.15) is 24.4 Å². The van der Waals surface area contributed by atoms with Crippen LogP contribution < -0.4 is 11.5 Å². The Labute approximate surface area is 108 Å². The van der Waals surface area contributed by atoms with Gasteiger partial charge in [0.2, 0.25) is 0 Å². The number of fused-ring (bicyclic) bond motifs is 1. The molecule has 0 aromatic carbocycles. The molecule has 2 heterocycles. The first kappa shape index (κ1) is 14.2. The van der Waals surface area contributed by atoms with Crippen LogP contribution >= 0.6 is 0 Å². The molecule has 2 rings (SSSR count). The van der Waals surface area contributed by atoms with Crippen LogP contribution in [0, 0.1) is 0 Å². The van der Waals surface area contributed by atoms with Crippen molar-refractivity contribution in [2.75, 3.05) is 39.5 Å². The Morgan fingerprint density at radius 2 is 1.28 bits per heavy atom. The number of hydrogen-bond acceptors (Lipinski definition) is 6. The number of nitrogens with two attached hydrogens (primary N) is 2. The molecule has 0 radical (unpaired) electrons. The van der Waals surface area contributed by atoms with Crippen molar-refractivity contribution < 1.29 is 18.9 Å². The van der Waals surface area contributed by atoms with E-state index in [0.717, 1.165) is 12.8 Å². The summed E-state index contributed by atoms with van der Waals surface area (Å²) in [6, 6.07) is 0. The Morgan fingerprint density at radius 1 is 0.833 bits per heavy atom. The summed E-state index contributed by atoms with van der Waals surface area (Å²) >= 11 is 0. The normalized spacial score (nSPS) is 35.0. The fraction of sp³-hybridized carbons (Fsp3) is 1.00. The van der Waals surface area contributed by atoms with Crippen LogP contribution in [0.4, 0.5) is 0 Å². The van der Waals surface area contributed by atoms with Crippen molar-refractivity contribution in [3.8, 4) is 0 Å². The lowest BCUT2D eigenvalue weighted by Gasteiger charge is -2.17. The highest BCUT2D eigenvalue weighted by molar-refractivity contribution is 4.95. The molecule has 0 aliphatic carbocycles. The Hall–Kier alpha value is -0.240. The molecule has 6 heteroatoms. The lowest BCUT2D eigenvalue weighted by Crippen LogP contribution is -2.34. The molecule has 2 aliphatic heterocycles. The molecular weight excluding hydrogens is 236 g/mol. The second-order valence-electron chi connectivity index (χ2n) is 4.70. The van der Waals surface area contributed by atoms with Gasteiger partial charge in [0.05, 0.1) is 13.2 Å². The van der Waals surface area contributed by atoms with E-state index in [0.29, 0.717) is 39.5 Å². The first-order chi connectivity index (χ1) is 8.86. The molecule has 0 saturated carbocycles. The highest BCUT2D eigenvalue weighted by Gasteiger charge is 2.48. The average molecular weight is 260 g/mol. The monoisotopic (exact) mass is 260 g/mol. The molecule has 4 atom stereocenters. The summed E-state index contributed by atoms with van der Waals surface area (Å²) < 4.78 is 22.9. The average Bonchev–Trinajstić information content (AvgIpc) is 2.94. The molecule has 0 unspecified atom stereocenters. The van der Waals surface area contributed by atoms with E-state index < -0.39 is 0 Å². The predicted molar refractivity (Wildman–Crippen MR) is 66.3 cm³/mol. The third-order valence-electron chi connectivity index (χ3n) is 3.32. The largest absolute Gasteiger partial charge is 0.373 e. The third kappa shape index (κ3) is 3.40. The van der Waals surface area contributed by atoms with Gasteiger partial charge in [-0.05, 0) is 25.9 Å². The lowest BCUT2D eigenvalue weighted by molar-refractivity contribution is -0.0503. The fourth-order valence-electron chi connectivity index (χ4n) is 2.35. The first-order valence-electron chi connectivity index (χ1n) is 6.73. The Kier molecular flexibility index (Phi) is 5.81. The van der Waals surface area contributed by atoms with Crippen LogP contribution in [0.1, 0.15) is 12.8 Å². The number of hydrogen-bond donors (Lipinski definition) is 2. The molecule has 4 N–H and O–H groups in total. The van der Waals surface area contributed by atoms with Gasteiger partial charge in [0, 0.05) is 13.2 Å². The van der Waals surface area contributed by atoms with Crippen molar-refractivity contribution in [1.82, 2.24) is 0 Å². The molecule has 0 aromatic heterocycles. The maximum absolute atomic E-state index is 5.73. The smallest absolute Gasteiger partial charge is 0.115 e. The van der Waals surface area contributed by atoms with Gasteiger partial charge in [-0.1, -0.05) is 0 Å². The summed E-state index contributed by atoms with van der Waals surface area (Å²) in [5.74, 6) is 0. The quantitative estimate of drug-likeness (QED) is 0.558. The van der Waals surface area contributed by atoms with Gasteiger partial charge < -0.3 is 30.4 Å². The van der Waals surface area contributed by atoms with Gasteiger partial charge in [0.15, 0.2) is 0 Å². The van der Waals surface area contributed by atoms with Crippen LogP contribution in [0.5, 0.6) is 0 Å². The van der Waals surface area contributed by atoms with Crippen molar-refractivity contribution in [1.29, 1.82) is 0 Å². The van der Waals surface area contributed by atoms with E-state index in [4.69, 9.17) is 30.4 Å². The molecule has 0 bridgehead atoms. The van der Waals surface area contributed by atoms with Crippen molar-refractivity contribution in [3.05, 3.63) is 0 Å². The molecule has 2 fully saturated rings. The molecule has 18 heavy (non-hydrogen) atoms. The summed E-state index contributed by atoms with van der Waals surface area (Å²) in [5.41, 5.74) is 10.9. The Morgan fingerprint density at radius 3 is 1.67 bits per heavy atom. The van der Waals surface area contributed by atoms with E-state index in [9.17, 15) is 0 Å². The van der Waals surface area contributed by atoms with Gasteiger partial charge in [0.25, 0.3) is 0 Å². The summed E-state index contributed by atoms with van der Waals surface area (Å²) in [6.07, 6.45) is 1.78. The topological polar surface area (TPSA) is 89.0 Å². The second kappa shape index (κ2) is 7.37. The maximum atomic E-state index is 5.73. The second-order valence-corrected chi connectivity index (χ2v) is 4.70. The van der Waals surface area contributed by atoms with Crippen molar-refractivity contribution in [2.45, 2.75) is 37.3 Å². The van der Waals surface area contributed by atoms with Gasteiger partial charge in [-0.15, -0.1) is 0 Å². The van der Waals surface area contributed by atoms with E-state index in [-0.39, 0.29) is 24.4 Å². The first-order valence-corrected chi connectivity index (χ1v) is 6.73. The summed E-state index contributed by atoms with van der Waals surface area (Å²) in [5, 5.41) is 0. The molecule has 0 spiro atoms. The number of rotatable bonds is 8. The summed E-state index contributed by atoms with van der Waals surface area (Å²) in [4.78, 5) is 0. The Balaban J connectivity index is 1.72. The van der Waals surface area contributed by atoms with E-state index in [2.05, 4.69) is 0 Å². The zero-order chi connectivity index (χ0) is 12.8. The summed E-state index contributed by atoms with van der Waals surface area (Å²) in [6.45, 7) is 3.78. The minimum Gasteiger partial charge on any atom is -0.373 e. The fourth-order valence-corrected chi connectivity index (χ4v) is 2.35. The maximum Gasteiger partial charge on any atom is 0.115 e. The van der Waals surface area contributed by atoms with E-state index in [1.165, 1.54) is 0 Å².